The largest absolute Gasteiger partial charge is 0.508 e. The van der Waals surface area contributed by atoms with E-state index in [2.05, 4.69) is 30.2 Å². The molecular weight excluding hydrogens is 374 g/mol. The number of phenolic OH excluding ortho intramolecular Hbond substituents is 1. The second-order valence-electron chi connectivity index (χ2n) is 8.02. The van der Waals surface area contributed by atoms with Crippen LogP contribution in [0.3, 0.4) is 0 Å². The number of pyridine rings is 1. The summed E-state index contributed by atoms with van der Waals surface area (Å²) in [5.41, 5.74) is 5.60. The van der Waals surface area contributed by atoms with Crippen LogP contribution in [0.5, 0.6) is 5.75 Å². The second-order valence-corrected chi connectivity index (χ2v) is 8.02. The lowest BCUT2D eigenvalue weighted by Gasteiger charge is -2.16. The molecule has 4 aromatic rings. The molecular formula is C24H25N5O. The predicted molar refractivity (Wildman–Crippen MR) is 117 cm³/mol. The lowest BCUT2D eigenvalue weighted by molar-refractivity contribution is 0.475. The first kappa shape index (κ1) is 18.8. The molecule has 3 atom stereocenters. The van der Waals surface area contributed by atoms with Gasteiger partial charge in [0, 0.05) is 42.2 Å². The third-order valence-corrected chi connectivity index (χ3v) is 6.15. The Labute approximate surface area is 175 Å². The van der Waals surface area contributed by atoms with Gasteiger partial charge in [-0.1, -0.05) is 19.1 Å². The average molecular weight is 399 g/mol. The van der Waals surface area contributed by atoms with Gasteiger partial charge in [0.05, 0.1) is 11.3 Å². The molecule has 0 aliphatic carbocycles. The summed E-state index contributed by atoms with van der Waals surface area (Å²) >= 11 is 0. The fourth-order valence-electron chi connectivity index (χ4n) is 4.61. The number of aromatic nitrogens is 4. The number of nitrogens with zero attached hydrogens (tertiary/aromatic N) is 4. The monoisotopic (exact) mass is 399 g/mol. The minimum absolute atomic E-state index is 0.225. The van der Waals surface area contributed by atoms with E-state index in [0.717, 1.165) is 46.6 Å². The van der Waals surface area contributed by atoms with Gasteiger partial charge in [-0.15, -0.1) is 0 Å². The quantitative estimate of drug-likeness (QED) is 0.532. The number of benzene rings is 1. The molecule has 4 heterocycles. The first-order valence-corrected chi connectivity index (χ1v) is 10.5. The van der Waals surface area contributed by atoms with Gasteiger partial charge in [0.1, 0.15) is 11.4 Å². The maximum Gasteiger partial charge on any atom is 0.163 e. The number of rotatable bonds is 4. The van der Waals surface area contributed by atoms with Gasteiger partial charge in [0.25, 0.3) is 0 Å². The fourth-order valence-corrected chi connectivity index (χ4v) is 4.61. The zero-order chi connectivity index (χ0) is 20.7. The maximum atomic E-state index is 10.1. The highest BCUT2D eigenvalue weighted by Gasteiger charge is 2.33. The van der Waals surface area contributed by atoms with Crippen LogP contribution < -0.4 is 5.32 Å². The third-order valence-electron chi connectivity index (χ3n) is 6.15. The number of fused-ring (bicyclic) bond motifs is 1. The SMILES string of the molecule is CCC1CC(c2ccnc3c(-c4cccc(O)c4)c(-c4ccncc4)nn23)C(C)N1. The molecule has 5 rings (SSSR count). The van der Waals surface area contributed by atoms with Crippen molar-refractivity contribution >= 4 is 5.65 Å². The molecule has 1 fully saturated rings. The molecule has 0 amide bonds. The zero-order valence-corrected chi connectivity index (χ0v) is 17.2. The smallest absolute Gasteiger partial charge is 0.163 e. The molecule has 1 aliphatic rings. The van der Waals surface area contributed by atoms with Crippen molar-refractivity contribution < 1.29 is 5.11 Å². The standard InChI is InChI=1S/C24H25N5O/c1-3-18-14-20(15(2)27-18)21-9-12-26-24-22(17-5-4-6-19(30)13-17)23(28-29(21)24)16-7-10-25-11-8-16/h4-13,15,18,20,27,30H,3,14H2,1-2H3. The van der Waals surface area contributed by atoms with Gasteiger partial charge in [0.2, 0.25) is 0 Å². The molecule has 3 unspecified atom stereocenters. The Morgan fingerprint density at radius 3 is 2.67 bits per heavy atom. The molecule has 2 N–H and O–H groups in total. The van der Waals surface area contributed by atoms with E-state index in [1.54, 1.807) is 24.5 Å². The lowest BCUT2D eigenvalue weighted by atomic mass is 9.95. The molecule has 30 heavy (non-hydrogen) atoms. The summed E-state index contributed by atoms with van der Waals surface area (Å²) in [6.45, 7) is 4.47. The van der Waals surface area contributed by atoms with Gasteiger partial charge in [-0.25, -0.2) is 9.50 Å². The highest BCUT2D eigenvalue weighted by atomic mass is 16.3. The average Bonchev–Trinajstić information content (AvgIpc) is 3.34. The van der Waals surface area contributed by atoms with Gasteiger partial charge in [-0.05, 0) is 55.7 Å². The van der Waals surface area contributed by atoms with Gasteiger partial charge in [-0.3, -0.25) is 4.98 Å². The summed E-state index contributed by atoms with van der Waals surface area (Å²) in [4.78, 5) is 8.86. The number of aromatic hydroxyl groups is 1. The Morgan fingerprint density at radius 1 is 1.10 bits per heavy atom. The summed E-state index contributed by atoms with van der Waals surface area (Å²) in [5.74, 6) is 0.589. The molecule has 1 aliphatic heterocycles. The van der Waals surface area contributed by atoms with Crippen LogP contribution in [0, 0.1) is 0 Å². The van der Waals surface area contributed by atoms with Crippen molar-refractivity contribution in [1.29, 1.82) is 0 Å². The van der Waals surface area contributed by atoms with E-state index in [1.807, 2.05) is 35.0 Å². The van der Waals surface area contributed by atoms with E-state index in [4.69, 9.17) is 10.1 Å². The minimum Gasteiger partial charge on any atom is -0.508 e. The zero-order valence-electron chi connectivity index (χ0n) is 17.2. The van der Waals surface area contributed by atoms with Crippen molar-refractivity contribution in [3.63, 3.8) is 0 Å². The molecule has 0 saturated carbocycles. The Morgan fingerprint density at radius 2 is 1.93 bits per heavy atom. The molecule has 0 radical (unpaired) electrons. The highest BCUT2D eigenvalue weighted by molar-refractivity contribution is 5.90. The van der Waals surface area contributed by atoms with Crippen molar-refractivity contribution in [3.8, 4) is 28.1 Å². The summed E-state index contributed by atoms with van der Waals surface area (Å²) in [6, 6.07) is 14.2. The lowest BCUT2D eigenvalue weighted by Crippen LogP contribution is -2.28. The summed E-state index contributed by atoms with van der Waals surface area (Å²) in [5, 5.41) is 18.8. The van der Waals surface area contributed by atoms with Crippen LogP contribution in [0.25, 0.3) is 28.0 Å². The van der Waals surface area contributed by atoms with E-state index in [0.29, 0.717) is 18.0 Å². The second kappa shape index (κ2) is 7.54. The maximum absolute atomic E-state index is 10.1. The Kier molecular flexibility index (Phi) is 4.71. The molecule has 1 saturated heterocycles. The molecule has 1 aromatic carbocycles. The molecule has 3 aromatic heterocycles. The number of hydrogen-bond donors (Lipinski definition) is 2. The van der Waals surface area contributed by atoms with Crippen molar-refractivity contribution in [2.75, 3.05) is 0 Å². The van der Waals surface area contributed by atoms with Crippen molar-refractivity contribution in [1.82, 2.24) is 24.9 Å². The first-order valence-electron chi connectivity index (χ1n) is 10.5. The molecule has 6 heteroatoms. The summed E-state index contributed by atoms with van der Waals surface area (Å²) in [6.07, 6.45) is 7.62. The van der Waals surface area contributed by atoms with Crippen LogP contribution in [-0.4, -0.2) is 36.8 Å². The topological polar surface area (TPSA) is 75.3 Å². The van der Waals surface area contributed by atoms with E-state index in [1.165, 1.54) is 0 Å². The van der Waals surface area contributed by atoms with Gasteiger partial charge >= 0.3 is 0 Å². The summed E-state index contributed by atoms with van der Waals surface area (Å²) in [7, 11) is 0. The van der Waals surface area contributed by atoms with Gasteiger partial charge in [0.15, 0.2) is 5.65 Å². The Hall–Kier alpha value is -3.25. The van der Waals surface area contributed by atoms with Crippen molar-refractivity contribution in [2.24, 2.45) is 0 Å². The van der Waals surface area contributed by atoms with Crippen LogP contribution in [0.4, 0.5) is 0 Å². The van der Waals surface area contributed by atoms with Crippen molar-refractivity contribution in [3.05, 3.63) is 66.7 Å². The van der Waals surface area contributed by atoms with Gasteiger partial charge in [-0.2, -0.15) is 5.10 Å². The number of phenols is 1. The Bertz CT molecular complexity index is 1190. The number of nitrogens with one attached hydrogen (secondary N) is 1. The van der Waals surface area contributed by atoms with Crippen LogP contribution in [-0.2, 0) is 0 Å². The van der Waals surface area contributed by atoms with Crippen LogP contribution in [0.1, 0.15) is 38.3 Å². The van der Waals surface area contributed by atoms with E-state index in [9.17, 15) is 5.11 Å². The van der Waals surface area contributed by atoms with E-state index >= 15 is 0 Å². The minimum atomic E-state index is 0.225. The van der Waals surface area contributed by atoms with Crippen LogP contribution in [0.15, 0.2) is 61.1 Å². The highest BCUT2D eigenvalue weighted by Crippen LogP contribution is 2.38. The van der Waals surface area contributed by atoms with Crippen LogP contribution >= 0.6 is 0 Å². The van der Waals surface area contributed by atoms with Gasteiger partial charge < -0.3 is 10.4 Å². The molecule has 0 spiro atoms. The van der Waals surface area contributed by atoms with E-state index in [-0.39, 0.29) is 5.75 Å². The molecule has 6 nitrogen and oxygen atoms in total. The first-order chi connectivity index (χ1) is 14.7. The van der Waals surface area contributed by atoms with Crippen LogP contribution in [0.2, 0.25) is 0 Å². The molecule has 0 bridgehead atoms. The molecule has 152 valence electrons. The van der Waals surface area contributed by atoms with E-state index < -0.39 is 0 Å². The number of hydrogen-bond acceptors (Lipinski definition) is 5. The summed E-state index contributed by atoms with van der Waals surface area (Å²) < 4.78 is 2.00. The fraction of sp³-hybridized carbons (Fsp3) is 0.292. The normalized spacial score (nSPS) is 21.3. The Balaban J connectivity index is 1.75. The third kappa shape index (κ3) is 3.13. The van der Waals surface area contributed by atoms with Crippen molar-refractivity contribution in [2.45, 2.75) is 44.7 Å². The predicted octanol–water partition coefficient (Wildman–Crippen LogP) is 4.41.